The molecule has 0 bridgehead atoms. The zero-order chi connectivity index (χ0) is 28.5. The summed E-state index contributed by atoms with van der Waals surface area (Å²) in [6.45, 7) is 13.5. The minimum absolute atomic E-state index is 0.0606. The molecule has 39 heavy (non-hydrogen) atoms. The van der Waals surface area contributed by atoms with Gasteiger partial charge in [0.05, 0.1) is 18.4 Å². The second-order valence-corrected chi connectivity index (χ2v) is 12.8. The Balaban J connectivity index is 1.70. The number of nitrogens with zero attached hydrogens (tertiary/aromatic N) is 3. The van der Waals surface area contributed by atoms with Crippen LogP contribution in [0.5, 0.6) is 0 Å². The number of piperidine rings is 1. The van der Waals surface area contributed by atoms with Crippen LogP contribution in [0.25, 0.3) is 0 Å². The molecule has 0 aromatic carbocycles. The number of thiophene rings is 1. The van der Waals surface area contributed by atoms with E-state index in [9.17, 15) is 9.70 Å². The summed E-state index contributed by atoms with van der Waals surface area (Å²) >= 11 is 1.73. The largest absolute Gasteiger partial charge is 0.372 e. The van der Waals surface area contributed by atoms with Crippen molar-refractivity contribution in [3.63, 3.8) is 0 Å². The van der Waals surface area contributed by atoms with Crippen molar-refractivity contribution in [1.82, 2.24) is 15.1 Å². The van der Waals surface area contributed by atoms with Gasteiger partial charge in [0, 0.05) is 52.3 Å². The van der Waals surface area contributed by atoms with E-state index in [0.717, 1.165) is 74.9 Å². The van der Waals surface area contributed by atoms with Gasteiger partial charge < -0.3 is 15.1 Å². The summed E-state index contributed by atoms with van der Waals surface area (Å²) in [6, 6.07) is 4.48. The maximum Gasteiger partial charge on any atom is 0.223 e. The minimum Gasteiger partial charge on any atom is -0.372 e. The van der Waals surface area contributed by atoms with Gasteiger partial charge in [0.1, 0.15) is 5.84 Å². The summed E-state index contributed by atoms with van der Waals surface area (Å²) in [6.07, 6.45) is 9.37. The van der Waals surface area contributed by atoms with E-state index in [1.165, 1.54) is 11.3 Å². The molecule has 2 aliphatic rings. The van der Waals surface area contributed by atoms with E-state index in [1.807, 2.05) is 18.7 Å². The molecular weight excluding hydrogens is 508 g/mol. The van der Waals surface area contributed by atoms with Crippen LogP contribution >= 0.6 is 11.3 Å². The van der Waals surface area contributed by atoms with Crippen LogP contribution in [-0.4, -0.2) is 52.6 Å². The summed E-state index contributed by atoms with van der Waals surface area (Å²) in [5.41, 5.74) is 1.03. The number of hydrogen-bond acceptors (Lipinski definition) is 7. The number of aryl methyl sites for hydroxylation is 1. The smallest absolute Gasteiger partial charge is 0.223 e. The van der Waals surface area contributed by atoms with Crippen molar-refractivity contribution in [2.45, 2.75) is 110 Å². The highest BCUT2D eigenvalue weighted by Gasteiger charge is 2.34. The predicted molar refractivity (Wildman–Crippen MR) is 162 cm³/mol. The molecule has 0 spiro atoms. The van der Waals surface area contributed by atoms with Gasteiger partial charge in [-0.2, -0.15) is 4.91 Å². The van der Waals surface area contributed by atoms with Gasteiger partial charge in [-0.25, -0.2) is 0 Å². The second-order valence-electron chi connectivity index (χ2n) is 11.6. The highest BCUT2D eigenvalue weighted by molar-refractivity contribution is 7.12. The maximum absolute atomic E-state index is 13.2. The van der Waals surface area contributed by atoms with Crippen molar-refractivity contribution in [2.24, 2.45) is 17.0 Å². The molecule has 1 aliphatic carbocycles. The van der Waals surface area contributed by atoms with E-state index in [2.05, 4.69) is 41.0 Å². The Labute approximate surface area is 238 Å². The number of nitrogens with one attached hydrogen (secondary N) is 3. The molecule has 3 atom stereocenters. The first-order valence-electron chi connectivity index (χ1n) is 14.7. The predicted octanol–water partition coefficient (Wildman–Crippen LogP) is 6.87. The fourth-order valence-corrected chi connectivity index (χ4v) is 7.19. The van der Waals surface area contributed by atoms with Crippen LogP contribution in [0.4, 0.5) is 0 Å². The molecule has 1 saturated heterocycles. The average Bonchev–Trinajstić information content (AvgIpc) is 3.36. The quantitative estimate of drug-likeness (QED) is 0.113. The molecule has 1 aromatic rings. The van der Waals surface area contributed by atoms with Gasteiger partial charge in [-0.05, 0) is 64.5 Å². The molecule has 216 valence electrons. The zero-order valence-electron chi connectivity index (χ0n) is 24.3. The number of carbonyl (C=O) groups excluding carboxylic acids is 1. The van der Waals surface area contributed by atoms with Crippen molar-refractivity contribution in [1.29, 1.82) is 10.8 Å². The van der Waals surface area contributed by atoms with Gasteiger partial charge in [0.25, 0.3) is 0 Å². The normalized spacial score (nSPS) is 21.1. The van der Waals surface area contributed by atoms with Gasteiger partial charge in [0.2, 0.25) is 5.91 Å². The summed E-state index contributed by atoms with van der Waals surface area (Å²) in [7, 11) is 0. The van der Waals surface area contributed by atoms with E-state index < -0.39 is 0 Å². The van der Waals surface area contributed by atoms with E-state index in [1.54, 1.807) is 18.3 Å². The van der Waals surface area contributed by atoms with Crippen LogP contribution in [0, 0.1) is 27.6 Å². The van der Waals surface area contributed by atoms with E-state index in [-0.39, 0.29) is 35.9 Å². The SMILES string of the molecule is C=C1CC(N(C(C)=N)C(=N)C(C)C)CC(C)N1CCC(NC(=O)C1CCCCC1)c1ccc(CCCN=O)s1. The molecule has 0 radical (unpaired) electrons. The molecule has 3 rings (SSSR count). The number of hydrogen-bond donors (Lipinski definition) is 3. The third kappa shape index (κ3) is 8.47. The lowest BCUT2D eigenvalue weighted by Crippen LogP contribution is -2.52. The highest BCUT2D eigenvalue weighted by Crippen LogP contribution is 2.33. The Kier molecular flexibility index (Phi) is 11.7. The monoisotopic (exact) mass is 556 g/mol. The molecule has 3 unspecified atom stereocenters. The fourth-order valence-electron chi connectivity index (χ4n) is 6.05. The first-order chi connectivity index (χ1) is 18.6. The molecule has 1 saturated carbocycles. The lowest BCUT2D eigenvalue weighted by atomic mass is 9.88. The Hall–Kier alpha value is -2.55. The van der Waals surface area contributed by atoms with Crippen LogP contribution in [0.3, 0.4) is 0 Å². The Morgan fingerprint density at radius 1 is 1.26 bits per heavy atom. The summed E-state index contributed by atoms with van der Waals surface area (Å²) < 4.78 is 0. The zero-order valence-corrected chi connectivity index (χ0v) is 25.1. The molecule has 8 nitrogen and oxygen atoms in total. The lowest BCUT2D eigenvalue weighted by molar-refractivity contribution is -0.126. The third-order valence-corrected chi connectivity index (χ3v) is 9.46. The second kappa shape index (κ2) is 14.7. The van der Waals surface area contributed by atoms with E-state index in [0.29, 0.717) is 18.2 Å². The summed E-state index contributed by atoms with van der Waals surface area (Å²) in [5.74, 6) is 1.25. The van der Waals surface area contributed by atoms with Crippen LogP contribution in [-0.2, 0) is 11.2 Å². The first kappa shape index (κ1) is 31.0. The van der Waals surface area contributed by atoms with Crippen LogP contribution in [0.2, 0.25) is 0 Å². The highest BCUT2D eigenvalue weighted by atomic mass is 32.1. The fraction of sp³-hybridized carbons (Fsp3) is 0.700. The molecular formula is C30H48N6O2S. The molecule has 1 aromatic heterocycles. The molecule has 3 N–H and O–H groups in total. The topological polar surface area (TPSA) is 113 Å². The van der Waals surface area contributed by atoms with Crippen molar-refractivity contribution in [2.75, 3.05) is 13.1 Å². The van der Waals surface area contributed by atoms with Crippen molar-refractivity contribution in [3.8, 4) is 0 Å². The number of rotatable bonds is 12. The van der Waals surface area contributed by atoms with Gasteiger partial charge >= 0.3 is 0 Å². The molecule has 1 amide bonds. The van der Waals surface area contributed by atoms with E-state index >= 15 is 0 Å². The van der Waals surface area contributed by atoms with Crippen LogP contribution in [0.15, 0.2) is 29.6 Å². The van der Waals surface area contributed by atoms with E-state index in [4.69, 9.17) is 10.8 Å². The van der Waals surface area contributed by atoms with Crippen LogP contribution < -0.4 is 5.32 Å². The van der Waals surface area contributed by atoms with Gasteiger partial charge in [-0.3, -0.25) is 15.6 Å². The molecule has 2 heterocycles. The minimum atomic E-state index is -0.0606. The van der Waals surface area contributed by atoms with Gasteiger partial charge in [-0.1, -0.05) is 44.9 Å². The standard InChI is InChI=1S/C30H48N6O2S/c1-20(2)29(32)36(23(5)31)25-18-21(3)35(22(4)19-25)17-15-27(34-30(37)24-10-7-6-8-11-24)28-14-13-26(39-28)12-9-16-33-38/h13-14,20,22,24-25,27,31-32H,3,6-12,15-19H2,1-2,4-5H3,(H,34,37). The van der Waals surface area contributed by atoms with Crippen molar-refractivity contribution in [3.05, 3.63) is 39.1 Å². The first-order valence-corrected chi connectivity index (χ1v) is 15.5. The van der Waals surface area contributed by atoms with Crippen molar-refractivity contribution < 1.29 is 4.79 Å². The molecule has 2 fully saturated rings. The third-order valence-electron chi connectivity index (χ3n) is 8.21. The molecule has 1 aliphatic heterocycles. The maximum atomic E-state index is 13.2. The van der Waals surface area contributed by atoms with Crippen LogP contribution in [0.1, 0.15) is 101 Å². The summed E-state index contributed by atoms with van der Waals surface area (Å²) in [5, 5.41) is 23.3. The molecule has 9 heteroatoms. The number of amidine groups is 2. The summed E-state index contributed by atoms with van der Waals surface area (Å²) in [4.78, 5) is 30.4. The Bertz CT molecular complexity index is 1010. The number of likely N-dealkylation sites (tertiary alicyclic amines) is 1. The average molecular weight is 557 g/mol. The van der Waals surface area contributed by atoms with Gasteiger partial charge in [-0.15, -0.1) is 11.3 Å². The van der Waals surface area contributed by atoms with Gasteiger partial charge in [0.15, 0.2) is 0 Å². The van der Waals surface area contributed by atoms with Crippen molar-refractivity contribution >= 4 is 28.9 Å². The number of nitroso groups, excluding NO2 is 1. The lowest BCUT2D eigenvalue weighted by Gasteiger charge is -2.45. The Morgan fingerprint density at radius 3 is 2.59 bits per heavy atom. The number of carbonyl (C=O) groups is 1. The Morgan fingerprint density at radius 2 is 1.97 bits per heavy atom. The number of amides is 1.